The molecule has 0 saturated carbocycles. The zero-order valence-corrected chi connectivity index (χ0v) is 16.2. The Morgan fingerprint density at radius 2 is 1.64 bits per heavy atom. The topological polar surface area (TPSA) is 73.0 Å². The number of nitrogens with one attached hydrogen (secondary N) is 1. The Morgan fingerprint density at radius 1 is 0.929 bits per heavy atom. The van der Waals surface area contributed by atoms with Crippen LogP contribution in [0.25, 0.3) is 0 Å². The first-order valence-electron chi connectivity index (χ1n) is 10.3. The van der Waals surface area contributed by atoms with Crippen LogP contribution in [0.2, 0.25) is 0 Å². The van der Waals surface area contributed by atoms with E-state index in [0.717, 1.165) is 37.2 Å². The lowest BCUT2D eigenvalue weighted by molar-refractivity contribution is -0.138. The van der Waals surface area contributed by atoms with Gasteiger partial charge in [0.25, 0.3) is 0 Å². The second-order valence-electron chi connectivity index (χ2n) is 7.94. The van der Waals surface area contributed by atoms with Gasteiger partial charge < -0.3 is 15.1 Å². The van der Waals surface area contributed by atoms with Crippen molar-refractivity contribution in [2.75, 3.05) is 51.1 Å². The van der Waals surface area contributed by atoms with E-state index in [0.29, 0.717) is 32.7 Å². The van der Waals surface area contributed by atoms with Crippen LogP contribution in [-0.4, -0.2) is 78.2 Å². The standard InChI is InChI=1S/C21H28N4O3/c26-19-14-17(16-6-2-3-7-18(16)22-19)21(28)25-12-10-23(11-13-25)15-20(27)24-8-4-1-5-9-24/h2-3,6-7,17H,1,4-5,8-15H2,(H,22,26). The quantitative estimate of drug-likeness (QED) is 0.852. The maximum absolute atomic E-state index is 13.1. The molecule has 1 unspecified atom stereocenters. The SMILES string of the molecule is O=C1CC(C(=O)N2CCN(CC(=O)N3CCCCC3)CC2)c2ccccc2N1. The minimum Gasteiger partial charge on any atom is -0.342 e. The maximum atomic E-state index is 13.1. The van der Waals surface area contributed by atoms with Gasteiger partial charge in [0.05, 0.1) is 12.5 Å². The van der Waals surface area contributed by atoms with Crippen molar-refractivity contribution >= 4 is 23.4 Å². The van der Waals surface area contributed by atoms with Crippen LogP contribution in [-0.2, 0) is 14.4 Å². The van der Waals surface area contributed by atoms with Crippen molar-refractivity contribution in [1.82, 2.24) is 14.7 Å². The third-order valence-corrected chi connectivity index (χ3v) is 6.05. The van der Waals surface area contributed by atoms with E-state index in [4.69, 9.17) is 0 Å². The molecule has 3 aliphatic rings. The summed E-state index contributed by atoms with van der Waals surface area (Å²) in [6, 6.07) is 7.53. The molecule has 1 aromatic rings. The average molecular weight is 384 g/mol. The predicted octanol–water partition coefficient (Wildman–Crippen LogP) is 1.27. The van der Waals surface area contributed by atoms with E-state index in [2.05, 4.69) is 10.2 Å². The van der Waals surface area contributed by atoms with Crippen molar-refractivity contribution in [3.8, 4) is 0 Å². The van der Waals surface area contributed by atoms with Crippen molar-refractivity contribution in [1.29, 1.82) is 0 Å². The van der Waals surface area contributed by atoms with Crippen LogP contribution >= 0.6 is 0 Å². The van der Waals surface area contributed by atoms with Crippen molar-refractivity contribution in [2.24, 2.45) is 0 Å². The van der Waals surface area contributed by atoms with Gasteiger partial charge in [-0.05, 0) is 30.9 Å². The van der Waals surface area contributed by atoms with Gasteiger partial charge in [-0.15, -0.1) is 0 Å². The minimum absolute atomic E-state index is 0.0179. The predicted molar refractivity (Wildman–Crippen MR) is 106 cm³/mol. The van der Waals surface area contributed by atoms with Gasteiger partial charge in [-0.3, -0.25) is 19.3 Å². The number of para-hydroxylation sites is 1. The van der Waals surface area contributed by atoms with E-state index < -0.39 is 5.92 Å². The molecule has 28 heavy (non-hydrogen) atoms. The zero-order valence-electron chi connectivity index (χ0n) is 16.2. The van der Waals surface area contributed by atoms with Crippen LogP contribution in [0.5, 0.6) is 0 Å². The van der Waals surface area contributed by atoms with Gasteiger partial charge in [0.2, 0.25) is 17.7 Å². The van der Waals surface area contributed by atoms with Gasteiger partial charge in [-0.2, -0.15) is 0 Å². The summed E-state index contributed by atoms with van der Waals surface area (Å²) in [6.07, 6.45) is 3.62. The van der Waals surface area contributed by atoms with Crippen LogP contribution in [0.1, 0.15) is 37.2 Å². The molecule has 7 heteroatoms. The Morgan fingerprint density at radius 3 is 2.39 bits per heavy atom. The Labute approximate surface area is 165 Å². The van der Waals surface area contributed by atoms with E-state index in [1.165, 1.54) is 6.42 Å². The average Bonchev–Trinajstić information content (AvgIpc) is 2.73. The summed E-state index contributed by atoms with van der Waals surface area (Å²) in [5.74, 6) is -0.295. The van der Waals surface area contributed by atoms with Crippen molar-refractivity contribution in [3.63, 3.8) is 0 Å². The molecule has 7 nitrogen and oxygen atoms in total. The number of fused-ring (bicyclic) bond motifs is 1. The van der Waals surface area contributed by atoms with Gasteiger partial charge in [-0.25, -0.2) is 0 Å². The molecule has 3 aliphatic heterocycles. The number of nitrogens with zero attached hydrogens (tertiary/aromatic N) is 3. The molecule has 4 rings (SSSR count). The van der Waals surface area contributed by atoms with Crippen molar-refractivity contribution in [2.45, 2.75) is 31.6 Å². The molecule has 3 amide bonds. The second kappa shape index (κ2) is 8.31. The molecule has 0 aromatic heterocycles. The van der Waals surface area contributed by atoms with Crippen LogP contribution in [0.4, 0.5) is 5.69 Å². The van der Waals surface area contributed by atoms with Gasteiger partial charge in [0.1, 0.15) is 0 Å². The third-order valence-electron chi connectivity index (χ3n) is 6.05. The number of hydrogen-bond acceptors (Lipinski definition) is 4. The lowest BCUT2D eigenvalue weighted by Crippen LogP contribution is -2.53. The molecular weight excluding hydrogens is 356 g/mol. The number of benzene rings is 1. The normalized spacial score (nSPS) is 23.1. The summed E-state index contributed by atoms with van der Waals surface area (Å²) < 4.78 is 0. The summed E-state index contributed by atoms with van der Waals surface area (Å²) in [6.45, 7) is 4.80. The number of carbonyl (C=O) groups excluding carboxylic acids is 3. The molecule has 1 atom stereocenters. The highest BCUT2D eigenvalue weighted by Gasteiger charge is 2.34. The lowest BCUT2D eigenvalue weighted by Gasteiger charge is -2.38. The molecule has 3 heterocycles. The van der Waals surface area contributed by atoms with Gasteiger partial charge in [-0.1, -0.05) is 18.2 Å². The van der Waals surface area contributed by atoms with E-state index in [1.807, 2.05) is 34.1 Å². The van der Waals surface area contributed by atoms with Crippen molar-refractivity contribution < 1.29 is 14.4 Å². The largest absolute Gasteiger partial charge is 0.342 e. The van der Waals surface area contributed by atoms with E-state index in [9.17, 15) is 14.4 Å². The van der Waals surface area contributed by atoms with E-state index in [1.54, 1.807) is 0 Å². The molecule has 0 aliphatic carbocycles. The Balaban J connectivity index is 1.33. The molecule has 1 N–H and O–H groups in total. The number of piperazine rings is 1. The molecular formula is C21H28N4O3. The Kier molecular flexibility index (Phi) is 5.62. The maximum Gasteiger partial charge on any atom is 0.236 e. The monoisotopic (exact) mass is 384 g/mol. The number of anilines is 1. The fourth-order valence-electron chi connectivity index (χ4n) is 4.41. The number of rotatable bonds is 3. The third kappa shape index (κ3) is 4.04. The highest BCUT2D eigenvalue weighted by molar-refractivity contribution is 6.01. The summed E-state index contributed by atoms with van der Waals surface area (Å²) in [5, 5.41) is 2.85. The first kappa shape index (κ1) is 18.9. The summed E-state index contributed by atoms with van der Waals surface area (Å²) in [7, 11) is 0. The molecule has 1 aromatic carbocycles. The molecule has 0 radical (unpaired) electrons. The fraction of sp³-hybridized carbons (Fsp3) is 0.571. The Hall–Kier alpha value is -2.41. The van der Waals surface area contributed by atoms with Gasteiger partial charge >= 0.3 is 0 Å². The summed E-state index contributed by atoms with van der Waals surface area (Å²) in [4.78, 5) is 43.5. The number of piperidine rings is 1. The highest BCUT2D eigenvalue weighted by Crippen LogP contribution is 2.33. The van der Waals surface area contributed by atoms with Gasteiger partial charge in [0.15, 0.2) is 0 Å². The van der Waals surface area contributed by atoms with Crippen molar-refractivity contribution in [3.05, 3.63) is 29.8 Å². The minimum atomic E-state index is -0.411. The number of carbonyl (C=O) groups is 3. The first-order chi connectivity index (χ1) is 13.6. The number of likely N-dealkylation sites (tertiary alicyclic amines) is 1. The summed E-state index contributed by atoms with van der Waals surface area (Å²) in [5.41, 5.74) is 1.64. The van der Waals surface area contributed by atoms with E-state index >= 15 is 0 Å². The van der Waals surface area contributed by atoms with Gasteiger partial charge in [0, 0.05) is 51.4 Å². The Bertz CT molecular complexity index is 752. The molecule has 0 bridgehead atoms. The highest BCUT2D eigenvalue weighted by atomic mass is 16.2. The van der Waals surface area contributed by atoms with E-state index in [-0.39, 0.29) is 24.1 Å². The zero-order chi connectivity index (χ0) is 19.5. The molecule has 2 fully saturated rings. The van der Waals surface area contributed by atoms with Crippen LogP contribution in [0, 0.1) is 0 Å². The molecule has 0 spiro atoms. The molecule has 2 saturated heterocycles. The second-order valence-corrected chi connectivity index (χ2v) is 7.94. The number of hydrogen-bond donors (Lipinski definition) is 1. The molecule has 150 valence electrons. The lowest BCUT2D eigenvalue weighted by atomic mass is 9.89. The summed E-state index contributed by atoms with van der Waals surface area (Å²) >= 11 is 0. The van der Waals surface area contributed by atoms with Crippen LogP contribution in [0.3, 0.4) is 0 Å². The van der Waals surface area contributed by atoms with Crippen LogP contribution < -0.4 is 5.32 Å². The smallest absolute Gasteiger partial charge is 0.236 e. The first-order valence-corrected chi connectivity index (χ1v) is 10.3. The van der Waals surface area contributed by atoms with Crippen LogP contribution in [0.15, 0.2) is 24.3 Å². The number of amides is 3. The fourth-order valence-corrected chi connectivity index (χ4v) is 4.41.